The quantitative estimate of drug-likeness (QED) is 0.894. The lowest BCUT2D eigenvalue weighted by molar-refractivity contribution is -0.122. The lowest BCUT2D eigenvalue weighted by Crippen LogP contribution is -2.34. The normalized spacial score (nSPS) is 15.8. The molecule has 25 heavy (non-hydrogen) atoms. The van der Waals surface area contributed by atoms with Crippen LogP contribution in [0.15, 0.2) is 42.5 Å². The lowest BCUT2D eigenvalue weighted by Gasteiger charge is -2.23. The predicted octanol–water partition coefficient (Wildman–Crippen LogP) is 3.45. The van der Waals surface area contributed by atoms with E-state index < -0.39 is 6.10 Å². The predicted molar refractivity (Wildman–Crippen MR) is 95.3 cm³/mol. The van der Waals surface area contributed by atoms with E-state index in [4.69, 9.17) is 9.47 Å². The van der Waals surface area contributed by atoms with Crippen molar-refractivity contribution in [1.82, 2.24) is 0 Å². The van der Waals surface area contributed by atoms with E-state index in [0.29, 0.717) is 22.7 Å². The fourth-order valence-corrected chi connectivity index (χ4v) is 2.44. The number of ether oxygens (including phenoxy) is 2. The van der Waals surface area contributed by atoms with Crippen molar-refractivity contribution in [1.29, 1.82) is 0 Å². The molecule has 2 aromatic rings. The Morgan fingerprint density at radius 1 is 1.20 bits per heavy atom. The van der Waals surface area contributed by atoms with Gasteiger partial charge in [-0.05, 0) is 63.2 Å². The number of anilines is 2. The van der Waals surface area contributed by atoms with Crippen LogP contribution in [-0.2, 0) is 4.79 Å². The van der Waals surface area contributed by atoms with Gasteiger partial charge >= 0.3 is 0 Å². The number of rotatable bonds is 4. The van der Waals surface area contributed by atoms with Crippen LogP contribution in [-0.4, -0.2) is 24.0 Å². The van der Waals surface area contributed by atoms with Gasteiger partial charge in [0, 0.05) is 11.3 Å². The molecule has 0 fully saturated rings. The van der Waals surface area contributed by atoms with E-state index in [0.717, 1.165) is 5.75 Å². The maximum absolute atomic E-state index is 12.4. The highest BCUT2D eigenvalue weighted by molar-refractivity contribution is 6.06. The number of carbonyl (C=O) groups is 2. The van der Waals surface area contributed by atoms with Crippen molar-refractivity contribution in [3.05, 3.63) is 48.0 Å². The summed E-state index contributed by atoms with van der Waals surface area (Å²) in [4.78, 5) is 24.1. The summed E-state index contributed by atoms with van der Waals surface area (Å²) < 4.78 is 11.1. The molecule has 0 radical (unpaired) electrons. The lowest BCUT2D eigenvalue weighted by atomic mass is 10.1. The van der Waals surface area contributed by atoms with E-state index in [2.05, 4.69) is 10.6 Å². The molecular formula is C19H20N2O4. The molecule has 0 aliphatic carbocycles. The second-order valence-corrected chi connectivity index (χ2v) is 6.11. The van der Waals surface area contributed by atoms with Crippen LogP contribution in [0.2, 0.25) is 0 Å². The van der Waals surface area contributed by atoms with Gasteiger partial charge in [-0.3, -0.25) is 9.59 Å². The molecule has 130 valence electrons. The number of hydrogen-bond donors (Lipinski definition) is 2. The van der Waals surface area contributed by atoms with E-state index in [1.165, 1.54) is 0 Å². The van der Waals surface area contributed by atoms with Crippen molar-refractivity contribution in [2.75, 3.05) is 10.6 Å². The van der Waals surface area contributed by atoms with Crippen molar-refractivity contribution >= 4 is 23.2 Å². The summed E-state index contributed by atoms with van der Waals surface area (Å²) in [6, 6.07) is 12.1. The Labute approximate surface area is 146 Å². The van der Waals surface area contributed by atoms with E-state index >= 15 is 0 Å². The minimum Gasteiger partial charge on any atom is -0.491 e. The first-order valence-corrected chi connectivity index (χ1v) is 8.12. The monoisotopic (exact) mass is 340 g/mol. The van der Waals surface area contributed by atoms with Crippen molar-refractivity contribution in [3.63, 3.8) is 0 Å². The van der Waals surface area contributed by atoms with Crippen LogP contribution in [0, 0.1) is 0 Å². The Balaban J connectivity index is 1.71. The van der Waals surface area contributed by atoms with Gasteiger partial charge < -0.3 is 20.1 Å². The van der Waals surface area contributed by atoms with Crippen LogP contribution in [0.4, 0.5) is 11.4 Å². The molecule has 1 aliphatic heterocycles. The summed E-state index contributed by atoms with van der Waals surface area (Å²) in [5, 5.41) is 5.55. The van der Waals surface area contributed by atoms with Crippen LogP contribution in [0.1, 0.15) is 31.1 Å². The zero-order chi connectivity index (χ0) is 18.0. The summed E-state index contributed by atoms with van der Waals surface area (Å²) in [6.07, 6.45) is -0.449. The van der Waals surface area contributed by atoms with Crippen LogP contribution >= 0.6 is 0 Å². The molecule has 0 aromatic heterocycles. The van der Waals surface area contributed by atoms with Crippen molar-refractivity contribution in [2.24, 2.45) is 0 Å². The number of benzene rings is 2. The van der Waals surface area contributed by atoms with Gasteiger partial charge in [-0.15, -0.1) is 0 Å². The maximum atomic E-state index is 12.4. The Morgan fingerprint density at radius 3 is 2.60 bits per heavy atom. The second-order valence-electron chi connectivity index (χ2n) is 6.11. The molecule has 0 saturated carbocycles. The zero-order valence-electron chi connectivity index (χ0n) is 14.3. The molecule has 1 atom stereocenters. The summed E-state index contributed by atoms with van der Waals surface area (Å²) in [7, 11) is 0. The van der Waals surface area contributed by atoms with E-state index in [9.17, 15) is 9.59 Å². The van der Waals surface area contributed by atoms with Crippen molar-refractivity contribution < 1.29 is 19.1 Å². The van der Waals surface area contributed by atoms with Gasteiger partial charge in [0.05, 0.1) is 11.8 Å². The molecule has 0 spiro atoms. The highest BCUT2D eigenvalue weighted by Gasteiger charge is 2.24. The Bertz CT molecular complexity index is 800. The first-order valence-electron chi connectivity index (χ1n) is 8.12. The van der Waals surface area contributed by atoms with Crippen LogP contribution in [0.25, 0.3) is 0 Å². The first kappa shape index (κ1) is 16.8. The van der Waals surface area contributed by atoms with Gasteiger partial charge in [-0.25, -0.2) is 0 Å². The topological polar surface area (TPSA) is 76.7 Å². The van der Waals surface area contributed by atoms with E-state index in [1.807, 2.05) is 13.8 Å². The molecule has 2 amide bonds. The van der Waals surface area contributed by atoms with Gasteiger partial charge in [0.2, 0.25) is 0 Å². The first-order chi connectivity index (χ1) is 11.9. The highest BCUT2D eigenvalue weighted by Crippen LogP contribution is 2.30. The summed E-state index contributed by atoms with van der Waals surface area (Å²) >= 11 is 0. The van der Waals surface area contributed by atoms with E-state index in [-0.39, 0.29) is 17.9 Å². The molecule has 2 aromatic carbocycles. The van der Waals surface area contributed by atoms with Crippen LogP contribution < -0.4 is 20.1 Å². The zero-order valence-corrected chi connectivity index (χ0v) is 14.3. The largest absolute Gasteiger partial charge is 0.491 e. The van der Waals surface area contributed by atoms with Gasteiger partial charge in [-0.2, -0.15) is 0 Å². The Morgan fingerprint density at radius 2 is 1.92 bits per heavy atom. The molecule has 0 saturated heterocycles. The van der Waals surface area contributed by atoms with E-state index in [1.54, 1.807) is 49.4 Å². The number of amides is 2. The smallest absolute Gasteiger partial charge is 0.265 e. The van der Waals surface area contributed by atoms with Crippen LogP contribution in [0.5, 0.6) is 11.5 Å². The number of nitrogens with one attached hydrogen (secondary N) is 2. The minimum absolute atomic E-state index is 0.0936. The average Bonchev–Trinajstić information content (AvgIpc) is 2.57. The summed E-state index contributed by atoms with van der Waals surface area (Å²) in [5.74, 6) is 0.800. The molecule has 1 unspecified atom stereocenters. The number of fused-ring (bicyclic) bond motifs is 1. The molecule has 1 aliphatic rings. The molecule has 1 heterocycles. The van der Waals surface area contributed by atoms with Gasteiger partial charge in [0.1, 0.15) is 11.5 Å². The Kier molecular flexibility index (Phi) is 4.61. The fourth-order valence-electron chi connectivity index (χ4n) is 2.44. The van der Waals surface area contributed by atoms with Gasteiger partial charge in [0.15, 0.2) is 6.10 Å². The van der Waals surface area contributed by atoms with Gasteiger partial charge in [-0.1, -0.05) is 0 Å². The number of hydrogen-bond acceptors (Lipinski definition) is 4. The van der Waals surface area contributed by atoms with Crippen molar-refractivity contribution in [2.45, 2.75) is 33.0 Å². The average molecular weight is 340 g/mol. The Hall–Kier alpha value is -3.02. The van der Waals surface area contributed by atoms with Crippen molar-refractivity contribution in [3.8, 4) is 11.5 Å². The molecular weight excluding hydrogens is 320 g/mol. The maximum Gasteiger partial charge on any atom is 0.265 e. The molecule has 3 rings (SSSR count). The molecule has 6 heteroatoms. The second kappa shape index (κ2) is 6.84. The summed E-state index contributed by atoms with van der Waals surface area (Å²) in [5.41, 5.74) is 1.59. The van der Waals surface area contributed by atoms with Crippen LogP contribution in [0.3, 0.4) is 0 Å². The third-order valence-electron chi connectivity index (χ3n) is 3.66. The summed E-state index contributed by atoms with van der Waals surface area (Å²) in [6.45, 7) is 5.58. The molecule has 6 nitrogen and oxygen atoms in total. The third kappa shape index (κ3) is 3.91. The molecule has 2 N–H and O–H groups in total. The standard InChI is InChI=1S/C19H20N2O4/c1-11(2)24-15-7-5-14(6-8-15)20-19(23)13-4-9-17-16(10-13)21-18(22)12(3)25-17/h4-12H,1-3H3,(H,20,23)(H,21,22). The minimum atomic E-state index is -0.543. The third-order valence-corrected chi connectivity index (χ3v) is 3.66. The molecule has 0 bridgehead atoms. The van der Waals surface area contributed by atoms with Gasteiger partial charge in [0.25, 0.3) is 11.8 Å². The number of carbonyl (C=O) groups excluding carboxylic acids is 2. The highest BCUT2D eigenvalue weighted by atomic mass is 16.5. The SMILES string of the molecule is CC(C)Oc1ccc(NC(=O)c2ccc3c(c2)NC(=O)C(C)O3)cc1. The fraction of sp³-hybridized carbons (Fsp3) is 0.263.